The van der Waals surface area contributed by atoms with Crippen LogP contribution in [0, 0.1) is 0 Å². The molecule has 0 bridgehead atoms. The maximum absolute atomic E-state index is 12.7. The van der Waals surface area contributed by atoms with Gasteiger partial charge in [-0.3, -0.25) is 0 Å². The number of fused-ring (bicyclic) bond motifs is 2. The van der Waals surface area contributed by atoms with Crippen LogP contribution >= 0.6 is 0 Å². The average Bonchev–Trinajstić information content (AvgIpc) is 2.77. The van der Waals surface area contributed by atoms with Crippen LogP contribution in [-0.4, -0.2) is 39.2 Å². The van der Waals surface area contributed by atoms with E-state index in [1.54, 1.807) is 0 Å². The second kappa shape index (κ2) is 8.14. The lowest BCUT2D eigenvalue weighted by Gasteiger charge is -2.22. The van der Waals surface area contributed by atoms with Gasteiger partial charge in [-0.2, -0.15) is 8.42 Å². The first kappa shape index (κ1) is 18.8. The molecule has 138 valence electrons. The summed E-state index contributed by atoms with van der Waals surface area (Å²) in [6.07, 6.45) is 6.22. The van der Waals surface area contributed by atoms with Crippen molar-refractivity contribution in [3.8, 4) is 0 Å². The second-order valence-corrected chi connectivity index (χ2v) is 8.32. The molecule has 5 heteroatoms. The zero-order valence-corrected chi connectivity index (χ0v) is 15.8. The van der Waals surface area contributed by atoms with Crippen LogP contribution in [0.25, 0.3) is 12.2 Å². The molecule has 0 aliphatic heterocycles. The van der Waals surface area contributed by atoms with Crippen molar-refractivity contribution in [2.75, 3.05) is 25.9 Å². The van der Waals surface area contributed by atoms with Crippen molar-refractivity contribution < 1.29 is 12.3 Å². The number of nitrogens with zero attached hydrogens (tertiary/aromatic N) is 1. The Balaban J connectivity index is 1.72. The minimum Gasteiger partial charge on any atom is -0.305 e. The van der Waals surface area contributed by atoms with E-state index in [-0.39, 0.29) is 6.54 Å². The van der Waals surface area contributed by atoms with Gasteiger partial charge in [-0.05, 0) is 48.7 Å². The first-order chi connectivity index (χ1) is 12.4. The Bertz CT molecular complexity index is 843. The summed E-state index contributed by atoms with van der Waals surface area (Å²) in [6.45, 7) is 0.960. The van der Waals surface area contributed by atoms with Gasteiger partial charge in [-0.15, -0.1) is 3.89 Å². The normalized spacial score (nSPS) is 14.1. The van der Waals surface area contributed by atoms with E-state index in [1.165, 1.54) is 22.3 Å². The first-order valence-corrected chi connectivity index (χ1v) is 10.5. The maximum atomic E-state index is 12.7. The lowest BCUT2D eigenvalue weighted by Crippen LogP contribution is -2.25. The van der Waals surface area contributed by atoms with Crippen molar-refractivity contribution in [3.63, 3.8) is 0 Å². The minimum absolute atomic E-state index is 0.220. The molecule has 2 aromatic rings. The van der Waals surface area contributed by atoms with Crippen LogP contribution in [0.4, 0.5) is 3.89 Å². The van der Waals surface area contributed by atoms with Crippen LogP contribution in [0.1, 0.15) is 41.0 Å². The summed E-state index contributed by atoms with van der Waals surface area (Å²) in [4.78, 5) is 1.88. The van der Waals surface area contributed by atoms with Crippen LogP contribution in [0.3, 0.4) is 0 Å². The Morgan fingerprint density at radius 3 is 2.00 bits per heavy atom. The highest BCUT2D eigenvalue weighted by Crippen LogP contribution is 2.37. The molecule has 0 N–H and O–H groups in total. The fraction of sp³-hybridized carbons (Fsp3) is 0.333. The summed E-state index contributed by atoms with van der Waals surface area (Å²) in [5, 5.41) is 0. The van der Waals surface area contributed by atoms with Crippen molar-refractivity contribution in [1.29, 1.82) is 0 Å². The number of rotatable bonds is 7. The summed E-state index contributed by atoms with van der Waals surface area (Å²) in [5.74, 6) is -0.140. The van der Waals surface area contributed by atoms with Crippen molar-refractivity contribution >= 4 is 22.4 Å². The molecule has 0 radical (unpaired) electrons. The molecule has 0 amide bonds. The summed E-state index contributed by atoms with van der Waals surface area (Å²) < 4.78 is 34.0. The van der Waals surface area contributed by atoms with Crippen LogP contribution in [-0.2, 0) is 10.2 Å². The monoisotopic (exact) mass is 373 g/mol. The first-order valence-electron chi connectivity index (χ1n) is 8.91. The van der Waals surface area contributed by atoms with E-state index < -0.39 is 16.0 Å². The summed E-state index contributed by atoms with van der Waals surface area (Å²) in [5.41, 5.74) is 5.13. The van der Waals surface area contributed by atoms with E-state index in [9.17, 15) is 12.3 Å². The zero-order chi connectivity index (χ0) is 18.6. The fourth-order valence-corrected chi connectivity index (χ4v) is 4.09. The van der Waals surface area contributed by atoms with E-state index in [0.717, 1.165) is 19.4 Å². The standard InChI is InChI=1S/C21H24FNO2S/c1-23(15-16-26(22,24)25)14-6-11-21-19-9-4-2-7-17(19)12-13-18-8-3-5-10-20(18)21/h2-5,7-10,12-13,21H,6,11,14-16H2,1H3. The van der Waals surface area contributed by atoms with Crippen molar-refractivity contribution in [1.82, 2.24) is 4.90 Å². The number of hydrogen-bond acceptors (Lipinski definition) is 3. The number of halogens is 1. The molecule has 0 heterocycles. The second-order valence-electron chi connectivity index (χ2n) is 6.83. The molecule has 1 aliphatic carbocycles. The predicted octanol–water partition coefficient (Wildman–Crippen LogP) is 4.31. The molecule has 26 heavy (non-hydrogen) atoms. The van der Waals surface area contributed by atoms with Gasteiger partial charge < -0.3 is 4.90 Å². The molecule has 3 nitrogen and oxygen atoms in total. The van der Waals surface area contributed by atoms with Gasteiger partial charge in [-0.25, -0.2) is 0 Å². The molecule has 0 unspecified atom stereocenters. The quantitative estimate of drug-likeness (QED) is 0.679. The van der Waals surface area contributed by atoms with Gasteiger partial charge in [0.05, 0.1) is 5.75 Å². The van der Waals surface area contributed by atoms with Crippen LogP contribution in [0.15, 0.2) is 48.5 Å². The van der Waals surface area contributed by atoms with Gasteiger partial charge in [0.15, 0.2) is 0 Å². The minimum atomic E-state index is -4.40. The third-order valence-corrected chi connectivity index (χ3v) is 5.60. The van der Waals surface area contributed by atoms with Crippen molar-refractivity contribution in [2.24, 2.45) is 0 Å². The molecule has 0 spiro atoms. The Labute approximate surface area is 155 Å². The smallest absolute Gasteiger partial charge is 0.303 e. The van der Waals surface area contributed by atoms with Crippen LogP contribution < -0.4 is 0 Å². The highest BCUT2D eigenvalue weighted by molar-refractivity contribution is 7.86. The third-order valence-electron chi connectivity index (χ3n) is 4.93. The molecule has 0 saturated carbocycles. The number of hydrogen-bond donors (Lipinski definition) is 0. The third kappa shape index (κ3) is 4.80. The van der Waals surface area contributed by atoms with Crippen LogP contribution in [0.2, 0.25) is 0 Å². The van der Waals surface area contributed by atoms with E-state index >= 15 is 0 Å². The molecule has 3 rings (SSSR count). The van der Waals surface area contributed by atoms with Gasteiger partial charge in [-0.1, -0.05) is 60.7 Å². The fourth-order valence-electron chi connectivity index (χ4n) is 3.56. The Hall–Kier alpha value is -1.98. The lowest BCUT2D eigenvalue weighted by molar-refractivity contribution is 0.339. The molecule has 0 atom stereocenters. The average molecular weight is 373 g/mol. The molecular formula is C21H24FNO2S. The van der Waals surface area contributed by atoms with Gasteiger partial charge >= 0.3 is 10.2 Å². The van der Waals surface area contributed by atoms with Crippen molar-refractivity contribution in [2.45, 2.75) is 18.8 Å². The largest absolute Gasteiger partial charge is 0.305 e. The highest BCUT2D eigenvalue weighted by Gasteiger charge is 2.21. The molecule has 0 saturated heterocycles. The molecule has 0 aromatic heterocycles. The van der Waals surface area contributed by atoms with Gasteiger partial charge in [0.1, 0.15) is 0 Å². The van der Waals surface area contributed by atoms with E-state index in [0.29, 0.717) is 5.92 Å². The van der Waals surface area contributed by atoms with E-state index in [4.69, 9.17) is 0 Å². The molecular weight excluding hydrogens is 349 g/mol. The Morgan fingerprint density at radius 1 is 0.923 bits per heavy atom. The zero-order valence-electron chi connectivity index (χ0n) is 14.9. The van der Waals surface area contributed by atoms with Crippen molar-refractivity contribution in [3.05, 3.63) is 70.8 Å². The van der Waals surface area contributed by atoms with Gasteiger partial charge in [0.25, 0.3) is 0 Å². The number of benzene rings is 2. The van der Waals surface area contributed by atoms with Crippen LogP contribution in [0.5, 0.6) is 0 Å². The maximum Gasteiger partial charge on any atom is 0.303 e. The summed E-state index contributed by atoms with van der Waals surface area (Å²) >= 11 is 0. The predicted molar refractivity (Wildman–Crippen MR) is 105 cm³/mol. The van der Waals surface area contributed by atoms with E-state index in [2.05, 4.69) is 60.7 Å². The molecule has 2 aromatic carbocycles. The topological polar surface area (TPSA) is 37.4 Å². The summed E-state index contributed by atoms with van der Waals surface area (Å²) in [6, 6.07) is 16.9. The Morgan fingerprint density at radius 2 is 1.46 bits per heavy atom. The Kier molecular flexibility index (Phi) is 5.89. The SMILES string of the molecule is CN(CCCC1c2ccccc2C=Cc2ccccc21)CCS(=O)(=O)F. The van der Waals surface area contributed by atoms with E-state index in [1.807, 2.05) is 11.9 Å². The lowest BCUT2D eigenvalue weighted by atomic mass is 9.84. The summed E-state index contributed by atoms with van der Waals surface area (Å²) in [7, 11) is -2.56. The highest BCUT2D eigenvalue weighted by atomic mass is 32.3. The molecule has 1 aliphatic rings. The van der Waals surface area contributed by atoms with Gasteiger partial charge in [0, 0.05) is 12.5 Å². The van der Waals surface area contributed by atoms with Gasteiger partial charge in [0.2, 0.25) is 0 Å². The molecule has 0 fully saturated rings.